The topological polar surface area (TPSA) is 68.0 Å². The van der Waals surface area contributed by atoms with Crippen molar-refractivity contribution >= 4 is 27.8 Å². The minimum atomic E-state index is -1.13. The molecule has 0 bridgehead atoms. The summed E-state index contributed by atoms with van der Waals surface area (Å²) in [6.45, 7) is 0. The Labute approximate surface area is 125 Å². The first-order valence-electron chi connectivity index (χ1n) is 6.79. The zero-order chi connectivity index (χ0) is 15.1. The van der Waals surface area contributed by atoms with Gasteiger partial charge < -0.3 is 9.67 Å². The molecule has 106 valence electrons. The van der Waals surface area contributed by atoms with Crippen molar-refractivity contribution in [3.63, 3.8) is 0 Å². The summed E-state index contributed by atoms with van der Waals surface area (Å²) in [6.07, 6.45) is 3.07. The molecule has 22 heavy (non-hydrogen) atoms. The molecule has 0 radical (unpaired) electrons. The number of nitrogens with zero attached hydrogens (tertiary/aromatic N) is 3. The first kappa shape index (κ1) is 12.5. The zero-order valence-electron chi connectivity index (χ0n) is 11.5. The van der Waals surface area contributed by atoms with Crippen LogP contribution in [0.5, 0.6) is 0 Å². The molecule has 4 aromatic rings. The van der Waals surface area contributed by atoms with Gasteiger partial charge in [0.25, 0.3) is 0 Å². The van der Waals surface area contributed by atoms with Crippen molar-refractivity contribution in [3.8, 4) is 5.69 Å². The van der Waals surface area contributed by atoms with Crippen LogP contribution in [0.25, 0.3) is 27.5 Å². The highest BCUT2D eigenvalue weighted by atomic mass is 16.4. The summed E-state index contributed by atoms with van der Waals surface area (Å²) in [5.41, 5.74) is 2.81. The quantitative estimate of drug-likeness (QED) is 0.615. The summed E-state index contributed by atoms with van der Waals surface area (Å²) < 4.78 is 2.04. The summed E-state index contributed by atoms with van der Waals surface area (Å²) in [6, 6.07) is 16.2. The molecule has 0 fully saturated rings. The average Bonchev–Trinajstić information content (AvgIpc) is 2.89. The second-order valence-electron chi connectivity index (χ2n) is 4.94. The monoisotopic (exact) mass is 289 g/mol. The van der Waals surface area contributed by atoms with Crippen LogP contribution in [-0.4, -0.2) is 25.6 Å². The summed E-state index contributed by atoms with van der Waals surface area (Å²) in [4.78, 5) is 18.7. The number of carboxylic acids is 1. The van der Waals surface area contributed by atoms with Crippen molar-refractivity contribution in [1.82, 2.24) is 14.5 Å². The van der Waals surface area contributed by atoms with Crippen LogP contribution in [0.3, 0.4) is 0 Å². The Kier molecular flexibility index (Phi) is 2.66. The maximum absolute atomic E-state index is 10.9. The van der Waals surface area contributed by atoms with Crippen molar-refractivity contribution in [2.24, 2.45) is 0 Å². The van der Waals surface area contributed by atoms with Crippen LogP contribution in [0, 0.1) is 0 Å². The van der Waals surface area contributed by atoms with Crippen LogP contribution in [0.4, 0.5) is 0 Å². The van der Waals surface area contributed by atoms with E-state index in [0.717, 1.165) is 27.5 Å². The molecule has 4 rings (SSSR count). The van der Waals surface area contributed by atoms with E-state index in [0.29, 0.717) is 0 Å². The van der Waals surface area contributed by atoms with Gasteiger partial charge in [0, 0.05) is 10.8 Å². The van der Waals surface area contributed by atoms with Gasteiger partial charge in [-0.25, -0.2) is 14.8 Å². The fraction of sp³-hybridized carbons (Fsp3) is 0. The summed E-state index contributed by atoms with van der Waals surface area (Å²) in [7, 11) is 0. The number of fused-ring (bicyclic) bond motifs is 3. The molecule has 0 spiro atoms. The number of hydrogen-bond acceptors (Lipinski definition) is 3. The Morgan fingerprint density at radius 2 is 1.36 bits per heavy atom. The third-order valence-electron chi connectivity index (χ3n) is 3.67. The molecule has 2 aromatic carbocycles. The van der Waals surface area contributed by atoms with Gasteiger partial charge >= 0.3 is 5.97 Å². The third kappa shape index (κ3) is 1.76. The zero-order valence-corrected chi connectivity index (χ0v) is 11.5. The molecule has 0 atom stereocenters. The average molecular weight is 289 g/mol. The predicted octanol–water partition coefficient (Wildman–Crippen LogP) is 3.27. The smallest absolute Gasteiger partial charge is 0.373 e. The molecule has 5 nitrogen and oxygen atoms in total. The lowest BCUT2D eigenvalue weighted by molar-refractivity contribution is 0.0683. The van der Waals surface area contributed by atoms with Gasteiger partial charge in [-0.1, -0.05) is 36.4 Å². The van der Waals surface area contributed by atoms with E-state index >= 15 is 0 Å². The van der Waals surface area contributed by atoms with Crippen LogP contribution < -0.4 is 0 Å². The maximum atomic E-state index is 10.9. The Morgan fingerprint density at radius 3 is 1.86 bits per heavy atom. The normalized spacial score (nSPS) is 11.1. The summed E-state index contributed by atoms with van der Waals surface area (Å²) in [5, 5.41) is 11.2. The van der Waals surface area contributed by atoms with E-state index in [9.17, 15) is 4.79 Å². The van der Waals surface area contributed by atoms with Crippen molar-refractivity contribution in [3.05, 3.63) is 66.7 Å². The van der Waals surface area contributed by atoms with Gasteiger partial charge in [0.1, 0.15) is 0 Å². The lowest BCUT2D eigenvalue weighted by Crippen LogP contribution is -2.05. The number of aromatic nitrogens is 3. The minimum Gasteiger partial charge on any atom is -0.475 e. The van der Waals surface area contributed by atoms with Crippen LogP contribution in [0.2, 0.25) is 0 Å². The Morgan fingerprint density at radius 1 is 0.864 bits per heavy atom. The Hall–Kier alpha value is -3.21. The number of hydrogen-bond donors (Lipinski definition) is 1. The molecule has 0 unspecified atom stereocenters. The van der Waals surface area contributed by atoms with Crippen molar-refractivity contribution in [1.29, 1.82) is 0 Å². The minimum absolute atomic E-state index is 0.204. The van der Waals surface area contributed by atoms with Crippen molar-refractivity contribution in [2.75, 3.05) is 0 Å². The molecule has 0 aliphatic heterocycles. The fourth-order valence-electron chi connectivity index (χ4n) is 2.75. The largest absolute Gasteiger partial charge is 0.475 e. The van der Waals surface area contributed by atoms with Crippen LogP contribution in [0.15, 0.2) is 60.9 Å². The standard InChI is InChI=1S/C17H11N3O2/c21-17(22)16-18-9-11(10-19-16)20-14-7-3-1-5-12(14)13-6-2-4-8-15(13)20/h1-10H,(H,21,22). The number of rotatable bonds is 2. The first-order valence-corrected chi connectivity index (χ1v) is 6.79. The van der Waals surface area contributed by atoms with Gasteiger partial charge in [-0.05, 0) is 12.1 Å². The van der Waals surface area contributed by atoms with Crippen molar-refractivity contribution < 1.29 is 9.90 Å². The highest BCUT2D eigenvalue weighted by Crippen LogP contribution is 2.31. The van der Waals surface area contributed by atoms with E-state index < -0.39 is 5.97 Å². The van der Waals surface area contributed by atoms with Crippen molar-refractivity contribution in [2.45, 2.75) is 0 Å². The number of para-hydroxylation sites is 2. The van der Waals surface area contributed by atoms with Gasteiger partial charge in [-0.3, -0.25) is 0 Å². The lowest BCUT2D eigenvalue weighted by Gasteiger charge is -2.06. The molecule has 0 amide bonds. The van der Waals surface area contributed by atoms with E-state index in [1.165, 1.54) is 12.4 Å². The van der Waals surface area contributed by atoms with Gasteiger partial charge in [-0.2, -0.15) is 0 Å². The molecular weight excluding hydrogens is 278 g/mol. The predicted molar refractivity (Wildman–Crippen MR) is 83.3 cm³/mol. The van der Waals surface area contributed by atoms with E-state index in [4.69, 9.17) is 5.11 Å². The first-order chi connectivity index (χ1) is 10.8. The highest BCUT2D eigenvalue weighted by Gasteiger charge is 2.13. The Bertz CT molecular complexity index is 950. The van der Waals surface area contributed by atoms with Gasteiger partial charge in [-0.15, -0.1) is 0 Å². The summed E-state index contributed by atoms with van der Waals surface area (Å²) in [5.74, 6) is -1.33. The molecular formula is C17H11N3O2. The van der Waals surface area contributed by atoms with E-state index in [1.807, 2.05) is 41.0 Å². The van der Waals surface area contributed by atoms with E-state index in [2.05, 4.69) is 22.1 Å². The third-order valence-corrected chi connectivity index (χ3v) is 3.67. The number of carbonyl (C=O) groups is 1. The SMILES string of the molecule is O=C(O)c1ncc(-n2c3ccccc3c3ccccc32)cn1. The second-order valence-corrected chi connectivity index (χ2v) is 4.94. The molecule has 5 heteroatoms. The van der Waals surface area contributed by atoms with Crippen LogP contribution in [-0.2, 0) is 0 Å². The summed E-state index contributed by atoms with van der Waals surface area (Å²) >= 11 is 0. The number of aromatic carboxylic acids is 1. The molecule has 0 saturated heterocycles. The molecule has 0 saturated carbocycles. The molecule has 0 aliphatic carbocycles. The maximum Gasteiger partial charge on any atom is 0.373 e. The fourth-order valence-corrected chi connectivity index (χ4v) is 2.75. The molecule has 1 N–H and O–H groups in total. The molecule has 0 aliphatic rings. The van der Waals surface area contributed by atoms with Gasteiger partial charge in [0.15, 0.2) is 0 Å². The van der Waals surface area contributed by atoms with Crippen LogP contribution >= 0.6 is 0 Å². The van der Waals surface area contributed by atoms with E-state index in [-0.39, 0.29) is 5.82 Å². The molecule has 2 aromatic heterocycles. The molecule has 2 heterocycles. The van der Waals surface area contributed by atoms with Gasteiger partial charge in [0.05, 0.1) is 29.1 Å². The Balaban J connectivity index is 2.06. The highest BCUT2D eigenvalue weighted by molar-refractivity contribution is 6.09. The lowest BCUT2D eigenvalue weighted by atomic mass is 10.2. The van der Waals surface area contributed by atoms with E-state index in [1.54, 1.807) is 0 Å². The van der Waals surface area contributed by atoms with Gasteiger partial charge in [0.2, 0.25) is 5.82 Å². The second kappa shape index (κ2) is 4.66. The van der Waals surface area contributed by atoms with Crippen LogP contribution in [0.1, 0.15) is 10.6 Å². The number of carboxylic acid groups (broad SMARTS) is 1. The number of benzene rings is 2.